The summed E-state index contributed by atoms with van der Waals surface area (Å²) in [5.41, 5.74) is 0. The number of unbranched alkanes of at least 4 members (excludes halogenated alkanes) is 20. The van der Waals surface area contributed by atoms with Gasteiger partial charge in [0, 0.05) is 19.3 Å². The van der Waals surface area contributed by atoms with Crippen LogP contribution in [-0.4, -0.2) is 37.2 Å². The molecule has 6 heteroatoms. The predicted octanol–water partition coefficient (Wildman–Crippen LogP) is 16.8. The number of rotatable bonds is 45. The third kappa shape index (κ3) is 47.6. The molecule has 1 atom stereocenters. The van der Waals surface area contributed by atoms with E-state index in [1.807, 2.05) is 0 Å². The van der Waals surface area contributed by atoms with Gasteiger partial charge in [0.05, 0.1) is 0 Å². The minimum atomic E-state index is -0.779. The molecule has 0 amide bonds. The Balaban J connectivity index is 4.14. The number of hydrogen-bond acceptors (Lipinski definition) is 6. The van der Waals surface area contributed by atoms with Crippen molar-refractivity contribution >= 4 is 17.9 Å². The van der Waals surface area contributed by atoms with Crippen molar-refractivity contribution in [3.05, 3.63) is 85.1 Å². The maximum Gasteiger partial charge on any atom is 0.306 e. The van der Waals surface area contributed by atoms with E-state index in [0.29, 0.717) is 19.3 Å². The molecule has 0 aromatic heterocycles. The number of hydrogen-bond donors (Lipinski definition) is 0. The summed E-state index contributed by atoms with van der Waals surface area (Å²) in [6.45, 7) is 6.39. The molecule has 0 aromatic rings. The summed E-state index contributed by atoms with van der Waals surface area (Å²) in [5, 5.41) is 0. The zero-order valence-electron chi connectivity index (χ0n) is 40.4. The fourth-order valence-corrected chi connectivity index (χ4v) is 6.80. The average molecular weight is 863 g/mol. The minimum absolute atomic E-state index is 0.0821. The van der Waals surface area contributed by atoms with Gasteiger partial charge in [-0.15, -0.1) is 0 Å². The molecule has 0 heterocycles. The number of carbonyl (C=O) groups excluding carboxylic acids is 3. The SMILES string of the molecule is CC/C=C\C/C=C\C/C=C\C/C=C\C/C=C\C/C=C\CCCCCCCCCCC(=O)OCC(COC(=O)CCCCCCCCC)OC(=O)CCCCCCC/C=C\CCC. The first kappa shape index (κ1) is 58.6. The van der Waals surface area contributed by atoms with Crippen molar-refractivity contribution in [2.24, 2.45) is 0 Å². The Morgan fingerprint density at radius 1 is 0.339 bits per heavy atom. The first-order chi connectivity index (χ1) is 30.5. The highest BCUT2D eigenvalue weighted by atomic mass is 16.6. The summed E-state index contributed by atoms with van der Waals surface area (Å²) < 4.78 is 16.7. The fraction of sp³-hybridized carbons (Fsp3) is 0.696. The van der Waals surface area contributed by atoms with E-state index in [4.69, 9.17) is 14.2 Å². The summed E-state index contributed by atoms with van der Waals surface area (Å²) in [6, 6.07) is 0. The second-order valence-electron chi connectivity index (χ2n) is 16.7. The van der Waals surface area contributed by atoms with E-state index < -0.39 is 6.10 Å². The number of carbonyl (C=O) groups is 3. The van der Waals surface area contributed by atoms with Crippen molar-refractivity contribution < 1.29 is 28.6 Å². The number of esters is 3. The number of ether oxygens (including phenoxy) is 3. The Morgan fingerprint density at radius 2 is 0.661 bits per heavy atom. The molecular formula is C56H94O6. The largest absolute Gasteiger partial charge is 0.462 e. The first-order valence-corrected chi connectivity index (χ1v) is 25.6. The molecule has 1 unspecified atom stereocenters. The predicted molar refractivity (Wildman–Crippen MR) is 265 cm³/mol. The lowest BCUT2D eigenvalue weighted by molar-refractivity contribution is -0.167. The van der Waals surface area contributed by atoms with Gasteiger partial charge in [-0.25, -0.2) is 0 Å². The van der Waals surface area contributed by atoms with E-state index >= 15 is 0 Å². The first-order valence-electron chi connectivity index (χ1n) is 25.6. The molecule has 0 fully saturated rings. The van der Waals surface area contributed by atoms with E-state index in [-0.39, 0.29) is 31.1 Å². The summed E-state index contributed by atoms with van der Waals surface area (Å²) >= 11 is 0. The monoisotopic (exact) mass is 863 g/mol. The van der Waals surface area contributed by atoms with Crippen LogP contribution in [0.5, 0.6) is 0 Å². The maximum atomic E-state index is 12.7. The van der Waals surface area contributed by atoms with Crippen molar-refractivity contribution in [2.75, 3.05) is 13.2 Å². The van der Waals surface area contributed by atoms with E-state index in [9.17, 15) is 14.4 Å². The van der Waals surface area contributed by atoms with Gasteiger partial charge >= 0.3 is 17.9 Å². The lowest BCUT2D eigenvalue weighted by Crippen LogP contribution is -2.30. The van der Waals surface area contributed by atoms with Crippen LogP contribution in [0.2, 0.25) is 0 Å². The lowest BCUT2D eigenvalue weighted by Gasteiger charge is -2.18. The molecule has 0 saturated carbocycles. The van der Waals surface area contributed by atoms with E-state index in [1.165, 1.54) is 70.6 Å². The minimum Gasteiger partial charge on any atom is -0.462 e. The second-order valence-corrected chi connectivity index (χ2v) is 16.7. The normalized spacial score (nSPS) is 12.8. The Labute approximate surface area is 382 Å². The van der Waals surface area contributed by atoms with Gasteiger partial charge < -0.3 is 14.2 Å². The van der Waals surface area contributed by atoms with Crippen molar-refractivity contribution in [1.29, 1.82) is 0 Å². The fourth-order valence-electron chi connectivity index (χ4n) is 6.80. The Morgan fingerprint density at radius 3 is 1.06 bits per heavy atom. The molecule has 0 aliphatic heterocycles. The van der Waals surface area contributed by atoms with Crippen molar-refractivity contribution in [1.82, 2.24) is 0 Å². The number of allylic oxidation sites excluding steroid dienone is 14. The Bertz CT molecular complexity index is 1220. The Hall–Kier alpha value is -3.41. The topological polar surface area (TPSA) is 78.9 Å². The molecule has 0 N–H and O–H groups in total. The molecule has 0 aliphatic carbocycles. The average Bonchev–Trinajstić information content (AvgIpc) is 3.27. The molecule has 0 bridgehead atoms. The highest BCUT2D eigenvalue weighted by molar-refractivity contribution is 5.71. The van der Waals surface area contributed by atoms with Crippen LogP contribution in [0.3, 0.4) is 0 Å². The van der Waals surface area contributed by atoms with Gasteiger partial charge in [-0.1, -0.05) is 209 Å². The molecule has 0 aliphatic rings. The van der Waals surface area contributed by atoms with Crippen LogP contribution in [0.4, 0.5) is 0 Å². The Kier molecular flexibility index (Phi) is 47.5. The molecular weight excluding hydrogens is 769 g/mol. The molecule has 0 spiro atoms. The van der Waals surface area contributed by atoms with Gasteiger partial charge in [0.15, 0.2) is 6.10 Å². The summed E-state index contributed by atoms with van der Waals surface area (Å²) in [5.74, 6) is -0.912. The van der Waals surface area contributed by atoms with Crippen LogP contribution >= 0.6 is 0 Å². The summed E-state index contributed by atoms with van der Waals surface area (Å²) in [6.07, 6.45) is 64.5. The van der Waals surface area contributed by atoms with Gasteiger partial charge in [0.1, 0.15) is 13.2 Å². The zero-order chi connectivity index (χ0) is 45.1. The van der Waals surface area contributed by atoms with Crippen LogP contribution in [0.25, 0.3) is 0 Å². The van der Waals surface area contributed by atoms with Crippen LogP contribution in [0, 0.1) is 0 Å². The summed E-state index contributed by atoms with van der Waals surface area (Å²) in [7, 11) is 0. The molecule has 0 rings (SSSR count). The quantitative estimate of drug-likeness (QED) is 0.0263. The molecule has 0 aromatic carbocycles. The third-order valence-corrected chi connectivity index (χ3v) is 10.6. The molecule has 6 nitrogen and oxygen atoms in total. The van der Waals surface area contributed by atoms with E-state index in [1.54, 1.807) is 0 Å². The smallest absolute Gasteiger partial charge is 0.306 e. The maximum absolute atomic E-state index is 12.7. The summed E-state index contributed by atoms with van der Waals surface area (Å²) in [4.78, 5) is 37.7. The van der Waals surface area contributed by atoms with E-state index in [0.717, 1.165) is 122 Å². The standard InChI is InChI=1S/C56H94O6/c1-4-7-10-13-16-18-20-21-22-23-24-25-26-27-28-29-30-31-32-33-34-35-36-38-40-43-46-49-55(58)61-52-53(51-60-54(57)48-45-42-39-15-12-9-6-3)62-56(59)50-47-44-41-37-19-17-14-11-8-5-2/h7,10-11,14,16,18,21-22,24-25,27-28,30-31,53H,4-6,8-9,12-13,15,17,19-20,23,26,29,32-52H2,1-3H3/b10-7-,14-11-,18-16-,22-21-,25-24-,28-27-,31-30-. The van der Waals surface area contributed by atoms with Gasteiger partial charge in [-0.05, 0) is 89.9 Å². The molecule has 0 saturated heterocycles. The van der Waals surface area contributed by atoms with E-state index in [2.05, 4.69) is 106 Å². The second kappa shape index (κ2) is 50.2. The van der Waals surface area contributed by atoms with Gasteiger partial charge in [-0.3, -0.25) is 14.4 Å². The van der Waals surface area contributed by atoms with Crippen LogP contribution in [0.1, 0.15) is 233 Å². The molecule has 354 valence electrons. The molecule has 0 radical (unpaired) electrons. The van der Waals surface area contributed by atoms with Gasteiger partial charge in [0.25, 0.3) is 0 Å². The van der Waals surface area contributed by atoms with Gasteiger partial charge in [0.2, 0.25) is 0 Å². The third-order valence-electron chi connectivity index (χ3n) is 10.6. The van der Waals surface area contributed by atoms with Crippen molar-refractivity contribution in [2.45, 2.75) is 239 Å². The molecule has 62 heavy (non-hydrogen) atoms. The van der Waals surface area contributed by atoms with Crippen molar-refractivity contribution in [3.8, 4) is 0 Å². The van der Waals surface area contributed by atoms with Gasteiger partial charge in [-0.2, -0.15) is 0 Å². The highest BCUT2D eigenvalue weighted by Crippen LogP contribution is 2.14. The van der Waals surface area contributed by atoms with Crippen LogP contribution in [-0.2, 0) is 28.6 Å². The van der Waals surface area contributed by atoms with Crippen LogP contribution < -0.4 is 0 Å². The highest BCUT2D eigenvalue weighted by Gasteiger charge is 2.19. The zero-order valence-corrected chi connectivity index (χ0v) is 40.4. The van der Waals surface area contributed by atoms with Crippen molar-refractivity contribution in [3.63, 3.8) is 0 Å². The lowest BCUT2D eigenvalue weighted by atomic mass is 10.1. The van der Waals surface area contributed by atoms with Crippen LogP contribution in [0.15, 0.2) is 85.1 Å².